The summed E-state index contributed by atoms with van der Waals surface area (Å²) in [4.78, 5) is 4.58. The van der Waals surface area contributed by atoms with Crippen molar-refractivity contribution in [2.24, 2.45) is 7.05 Å². The van der Waals surface area contributed by atoms with E-state index in [9.17, 15) is 5.11 Å². The van der Waals surface area contributed by atoms with Gasteiger partial charge in [0, 0.05) is 7.05 Å². The Balaban J connectivity index is 1.81. The van der Waals surface area contributed by atoms with Crippen molar-refractivity contribution >= 4 is 17.0 Å². The van der Waals surface area contributed by atoms with Gasteiger partial charge in [0.15, 0.2) is 0 Å². The lowest BCUT2D eigenvalue weighted by molar-refractivity contribution is 0.273. The first kappa shape index (κ1) is 13.6. The molecule has 0 radical (unpaired) electrons. The van der Waals surface area contributed by atoms with Crippen LogP contribution < -0.4 is 5.32 Å². The van der Waals surface area contributed by atoms with E-state index in [4.69, 9.17) is 0 Å². The predicted octanol–water partition coefficient (Wildman–Crippen LogP) is 2.59. The maximum atomic E-state index is 9.61. The molecule has 4 heteroatoms. The molecule has 0 aliphatic carbocycles. The SMILES string of the molecule is Cn1c(NC(CO)Cc2ccccc2)nc2ccccc21. The Morgan fingerprint density at radius 2 is 1.81 bits per heavy atom. The van der Waals surface area contributed by atoms with Gasteiger partial charge in [0.25, 0.3) is 0 Å². The summed E-state index contributed by atoms with van der Waals surface area (Å²) in [6, 6.07) is 18.1. The number of aromatic nitrogens is 2. The second-order valence-electron chi connectivity index (χ2n) is 5.20. The zero-order valence-electron chi connectivity index (χ0n) is 12.0. The molecule has 1 aromatic heterocycles. The van der Waals surface area contributed by atoms with Gasteiger partial charge in [-0.1, -0.05) is 42.5 Å². The summed E-state index contributed by atoms with van der Waals surface area (Å²) in [7, 11) is 1.98. The van der Waals surface area contributed by atoms with Crippen molar-refractivity contribution in [2.45, 2.75) is 12.5 Å². The summed E-state index contributed by atoms with van der Waals surface area (Å²) >= 11 is 0. The molecule has 108 valence electrons. The highest BCUT2D eigenvalue weighted by molar-refractivity contribution is 5.78. The highest BCUT2D eigenvalue weighted by atomic mass is 16.3. The van der Waals surface area contributed by atoms with Crippen LogP contribution in [0.3, 0.4) is 0 Å². The molecule has 0 spiro atoms. The van der Waals surface area contributed by atoms with E-state index in [0.717, 1.165) is 23.4 Å². The molecule has 0 amide bonds. The maximum absolute atomic E-state index is 9.61. The first-order valence-corrected chi connectivity index (χ1v) is 7.10. The van der Waals surface area contributed by atoms with Crippen molar-refractivity contribution in [3.8, 4) is 0 Å². The Morgan fingerprint density at radius 3 is 2.52 bits per heavy atom. The van der Waals surface area contributed by atoms with Gasteiger partial charge in [0.2, 0.25) is 5.95 Å². The van der Waals surface area contributed by atoms with E-state index in [2.05, 4.69) is 22.4 Å². The molecule has 1 atom stereocenters. The van der Waals surface area contributed by atoms with Crippen LogP contribution in [-0.4, -0.2) is 27.3 Å². The lowest BCUT2D eigenvalue weighted by Crippen LogP contribution is -2.27. The van der Waals surface area contributed by atoms with Gasteiger partial charge in [-0.15, -0.1) is 0 Å². The van der Waals surface area contributed by atoms with Crippen LogP contribution in [0.1, 0.15) is 5.56 Å². The maximum Gasteiger partial charge on any atom is 0.203 e. The lowest BCUT2D eigenvalue weighted by Gasteiger charge is -2.17. The Bertz CT molecular complexity index is 721. The van der Waals surface area contributed by atoms with E-state index in [1.165, 1.54) is 5.56 Å². The summed E-state index contributed by atoms with van der Waals surface area (Å²) < 4.78 is 2.02. The number of hydrogen-bond donors (Lipinski definition) is 2. The van der Waals surface area contributed by atoms with Crippen molar-refractivity contribution in [3.05, 3.63) is 60.2 Å². The van der Waals surface area contributed by atoms with E-state index in [1.54, 1.807) is 0 Å². The lowest BCUT2D eigenvalue weighted by atomic mass is 10.1. The number of fused-ring (bicyclic) bond motifs is 1. The van der Waals surface area contributed by atoms with Crippen LogP contribution in [0.2, 0.25) is 0 Å². The zero-order valence-corrected chi connectivity index (χ0v) is 12.0. The molecule has 0 aliphatic heterocycles. The molecule has 1 unspecified atom stereocenters. The summed E-state index contributed by atoms with van der Waals surface area (Å²) in [5, 5.41) is 13.0. The minimum Gasteiger partial charge on any atom is -0.394 e. The average Bonchev–Trinajstić information content (AvgIpc) is 2.84. The molecule has 0 fully saturated rings. The summed E-state index contributed by atoms with van der Waals surface area (Å²) in [6.07, 6.45) is 0.764. The Hall–Kier alpha value is -2.33. The molecule has 2 N–H and O–H groups in total. The van der Waals surface area contributed by atoms with Crippen LogP contribution in [0, 0.1) is 0 Å². The number of nitrogens with one attached hydrogen (secondary N) is 1. The first-order chi connectivity index (χ1) is 10.3. The molecule has 0 bridgehead atoms. The molecule has 21 heavy (non-hydrogen) atoms. The van der Waals surface area contributed by atoms with Crippen molar-refractivity contribution in [2.75, 3.05) is 11.9 Å². The fraction of sp³-hybridized carbons (Fsp3) is 0.235. The normalized spacial score (nSPS) is 12.5. The number of anilines is 1. The minimum atomic E-state index is -0.0529. The average molecular weight is 281 g/mol. The van der Waals surface area contributed by atoms with Crippen molar-refractivity contribution in [1.82, 2.24) is 9.55 Å². The topological polar surface area (TPSA) is 50.1 Å². The molecule has 3 aromatic rings. The highest BCUT2D eigenvalue weighted by Crippen LogP contribution is 2.18. The Labute approximate surface area is 124 Å². The van der Waals surface area contributed by atoms with Crippen LogP contribution in [0.25, 0.3) is 11.0 Å². The fourth-order valence-corrected chi connectivity index (χ4v) is 2.52. The number of rotatable bonds is 5. The zero-order chi connectivity index (χ0) is 14.7. The number of aliphatic hydroxyl groups excluding tert-OH is 1. The van der Waals surface area contributed by atoms with E-state index in [1.807, 2.05) is 54.1 Å². The largest absolute Gasteiger partial charge is 0.394 e. The van der Waals surface area contributed by atoms with E-state index < -0.39 is 0 Å². The number of aliphatic hydroxyl groups is 1. The van der Waals surface area contributed by atoms with Crippen LogP contribution in [0.15, 0.2) is 54.6 Å². The molecule has 2 aromatic carbocycles. The quantitative estimate of drug-likeness (QED) is 0.756. The van der Waals surface area contributed by atoms with Gasteiger partial charge in [-0.25, -0.2) is 4.98 Å². The number of hydrogen-bond acceptors (Lipinski definition) is 3. The monoisotopic (exact) mass is 281 g/mol. The number of aryl methyl sites for hydroxylation is 1. The van der Waals surface area contributed by atoms with Gasteiger partial charge < -0.3 is 15.0 Å². The second kappa shape index (κ2) is 5.97. The first-order valence-electron chi connectivity index (χ1n) is 7.10. The van der Waals surface area contributed by atoms with Gasteiger partial charge in [-0.2, -0.15) is 0 Å². The van der Waals surface area contributed by atoms with Crippen LogP contribution >= 0.6 is 0 Å². The minimum absolute atomic E-state index is 0.0529. The molecular weight excluding hydrogens is 262 g/mol. The number of benzene rings is 2. The van der Waals surface area contributed by atoms with Crippen LogP contribution in [-0.2, 0) is 13.5 Å². The third-order valence-electron chi connectivity index (χ3n) is 3.67. The van der Waals surface area contributed by atoms with Gasteiger partial charge in [-0.05, 0) is 24.1 Å². The molecule has 3 rings (SSSR count). The van der Waals surface area contributed by atoms with Crippen molar-refractivity contribution in [1.29, 1.82) is 0 Å². The van der Waals surface area contributed by atoms with E-state index in [-0.39, 0.29) is 12.6 Å². The predicted molar refractivity (Wildman–Crippen MR) is 85.4 cm³/mol. The summed E-state index contributed by atoms with van der Waals surface area (Å²) in [6.45, 7) is 0.0676. The summed E-state index contributed by atoms with van der Waals surface area (Å²) in [5.41, 5.74) is 3.23. The molecule has 0 aliphatic rings. The van der Waals surface area contributed by atoms with E-state index in [0.29, 0.717) is 0 Å². The molecule has 0 saturated heterocycles. The third-order valence-corrected chi connectivity index (χ3v) is 3.67. The second-order valence-corrected chi connectivity index (χ2v) is 5.20. The Kier molecular flexibility index (Phi) is 3.88. The van der Waals surface area contributed by atoms with E-state index >= 15 is 0 Å². The number of para-hydroxylation sites is 2. The molecule has 4 nitrogen and oxygen atoms in total. The smallest absolute Gasteiger partial charge is 0.203 e. The van der Waals surface area contributed by atoms with Gasteiger partial charge in [0.1, 0.15) is 0 Å². The Morgan fingerprint density at radius 1 is 1.10 bits per heavy atom. The van der Waals surface area contributed by atoms with Crippen LogP contribution in [0.5, 0.6) is 0 Å². The van der Waals surface area contributed by atoms with Gasteiger partial charge >= 0.3 is 0 Å². The molecule has 0 saturated carbocycles. The standard InChI is InChI=1S/C17H19N3O/c1-20-16-10-6-5-9-15(16)19-17(20)18-14(12-21)11-13-7-3-2-4-8-13/h2-10,14,21H,11-12H2,1H3,(H,18,19). The fourth-order valence-electron chi connectivity index (χ4n) is 2.52. The van der Waals surface area contributed by atoms with Crippen molar-refractivity contribution in [3.63, 3.8) is 0 Å². The third kappa shape index (κ3) is 2.90. The van der Waals surface area contributed by atoms with Gasteiger partial charge in [0.05, 0.1) is 23.7 Å². The number of nitrogens with zero attached hydrogens (tertiary/aromatic N) is 2. The summed E-state index contributed by atoms with van der Waals surface area (Å²) in [5.74, 6) is 0.784. The molecule has 1 heterocycles. The van der Waals surface area contributed by atoms with Gasteiger partial charge in [-0.3, -0.25) is 0 Å². The molecular formula is C17H19N3O. The number of imidazole rings is 1. The van der Waals surface area contributed by atoms with Crippen LogP contribution in [0.4, 0.5) is 5.95 Å². The van der Waals surface area contributed by atoms with Crippen molar-refractivity contribution < 1.29 is 5.11 Å². The highest BCUT2D eigenvalue weighted by Gasteiger charge is 2.13.